The number of nitrogens with zero attached hydrogens (tertiary/aromatic N) is 3. The van der Waals surface area contributed by atoms with Gasteiger partial charge in [0.1, 0.15) is 5.82 Å². The van der Waals surface area contributed by atoms with Gasteiger partial charge in [-0.25, -0.2) is 4.68 Å². The van der Waals surface area contributed by atoms with Crippen molar-refractivity contribution < 1.29 is 0 Å². The molecule has 2 N–H and O–H groups in total. The van der Waals surface area contributed by atoms with Crippen LogP contribution in [0.25, 0.3) is 5.69 Å². The van der Waals surface area contributed by atoms with Gasteiger partial charge in [-0.2, -0.15) is 10.4 Å². The lowest BCUT2D eigenvalue weighted by Gasteiger charge is -2.04. The van der Waals surface area contributed by atoms with E-state index >= 15 is 0 Å². The second-order valence-electron chi connectivity index (χ2n) is 4.31. The van der Waals surface area contributed by atoms with Crippen molar-refractivity contribution in [3.63, 3.8) is 0 Å². The molecule has 0 spiro atoms. The molecule has 0 amide bonds. The molecule has 1 heterocycles. The topological polar surface area (TPSA) is 67.6 Å². The number of nitriles is 1. The van der Waals surface area contributed by atoms with Crippen LogP contribution in [-0.4, -0.2) is 9.78 Å². The van der Waals surface area contributed by atoms with Gasteiger partial charge in [0.25, 0.3) is 0 Å². The van der Waals surface area contributed by atoms with Crippen LogP contribution in [0.3, 0.4) is 0 Å². The molecule has 0 fully saturated rings. The summed E-state index contributed by atoms with van der Waals surface area (Å²) in [5.74, 6) is 0.830. The Balaban J connectivity index is 2.58. The van der Waals surface area contributed by atoms with Crippen molar-refractivity contribution in [1.82, 2.24) is 9.78 Å². The Morgan fingerprint density at radius 2 is 2.17 bits per heavy atom. The smallest absolute Gasteiger partial charge is 0.141 e. The highest BCUT2D eigenvalue weighted by Gasteiger charge is 2.16. The highest BCUT2D eigenvalue weighted by molar-refractivity contribution is 9.10. The minimum atomic E-state index is 0.280. The number of nitrogens with two attached hydrogens (primary N) is 1. The molecule has 0 aliphatic carbocycles. The van der Waals surface area contributed by atoms with E-state index < -0.39 is 0 Å². The summed E-state index contributed by atoms with van der Waals surface area (Å²) in [6.45, 7) is 4.12. The van der Waals surface area contributed by atoms with Gasteiger partial charge in [0.15, 0.2) is 0 Å². The number of aromatic nitrogens is 2. The molecule has 2 rings (SSSR count). The summed E-state index contributed by atoms with van der Waals surface area (Å²) in [4.78, 5) is 0. The second kappa shape index (κ2) is 4.83. The van der Waals surface area contributed by atoms with Gasteiger partial charge in [-0.3, -0.25) is 0 Å². The average molecular weight is 305 g/mol. The summed E-state index contributed by atoms with van der Waals surface area (Å²) >= 11 is 3.46. The van der Waals surface area contributed by atoms with E-state index in [1.807, 2.05) is 12.1 Å². The van der Waals surface area contributed by atoms with E-state index in [1.165, 1.54) is 0 Å². The van der Waals surface area contributed by atoms with Crippen LogP contribution in [0.5, 0.6) is 0 Å². The van der Waals surface area contributed by atoms with Gasteiger partial charge in [-0.05, 0) is 40.0 Å². The summed E-state index contributed by atoms with van der Waals surface area (Å²) in [5.41, 5.74) is 8.33. The molecule has 0 saturated heterocycles. The largest absolute Gasteiger partial charge is 0.383 e. The van der Waals surface area contributed by atoms with E-state index in [2.05, 4.69) is 40.9 Å². The molecule has 1 aromatic heterocycles. The minimum absolute atomic E-state index is 0.280. The van der Waals surface area contributed by atoms with Crippen molar-refractivity contribution in [3.8, 4) is 11.8 Å². The Bertz CT molecular complexity index is 622. The lowest BCUT2D eigenvalue weighted by atomic mass is 10.1. The standard InChI is InChI=1S/C13H13BrN4/c1-8(2)12-11(14)13(16)18(17-12)10-5-3-4-9(6-10)7-15/h3-6,8H,16H2,1-2H3. The van der Waals surface area contributed by atoms with Gasteiger partial charge >= 0.3 is 0 Å². The van der Waals surface area contributed by atoms with Crippen molar-refractivity contribution >= 4 is 21.7 Å². The Hall–Kier alpha value is -1.80. The molecular weight excluding hydrogens is 292 g/mol. The SMILES string of the molecule is CC(C)c1nn(-c2cccc(C#N)c2)c(N)c1Br. The van der Waals surface area contributed by atoms with E-state index in [1.54, 1.807) is 16.8 Å². The van der Waals surface area contributed by atoms with E-state index in [9.17, 15) is 0 Å². The molecule has 0 atom stereocenters. The Labute approximate surface area is 114 Å². The van der Waals surface area contributed by atoms with Crippen LogP contribution in [0, 0.1) is 11.3 Å². The third-order valence-electron chi connectivity index (χ3n) is 2.65. The fraction of sp³-hybridized carbons (Fsp3) is 0.231. The van der Waals surface area contributed by atoms with Crippen LogP contribution < -0.4 is 5.73 Å². The zero-order chi connectivity index (χ0) is 13.3. The maximum atomic E-state index is 8.91. The summed E-state index contributed by atoms with van der Waals surface area (Å²) in [6.07, 6.45) is 0. The Morgan fingerprint density at radius 1 is 1.44 bits per heavy atom. The van der Waals surface area contributed by atoms with E-state index in [0.717, 1.165) is 15.9 Å². The van der Waals surface area contributed by atoms with Crippen molar-refractivity contribution in [2.24, 2.45) is 0 Å². The molecule has 92 valence electrons. The normalized spacial score (nSPS) is 10.6. The van der Waals surface area contributed by atoms with Gasteiger partial charge in [0, 0.05) is 0 Å². The predicted molar refractivity (Wildman–Crippen MR) is 74.5 cm³/mol. The number of halogens is 1. The first kappa shape index (κ1) is 12.7. The van der Waals surface area contributed by atoms with Crippen LogP contribution in [0.15, 0.2) is 28.7 Å². The lowest BCUT2D eigenvalue weighted by molar-refractivity contribution is 0.769. The zero-order valence-electron chi connectivity index (χ0n) is 10.2. The van der Waals surface area contributed by atoms with Crippen molar-refractivity contribution in [2.75, 3.05) is 5.73 Å². The summed E-state index contributed by atoms with van der Waals surface area (Å²) < 4.78 is 2.47. The first-order valence-electron chi connectivity index (χ1n) is 5.59. The first-order chi connectivity index (χ1) is 8.54. The molecule has 18 heavy (non-hydrogen) atoms. The van der Waals surface area contributed by atoms with Crippen LogP contribution in [0.1, 0.15) is 31.0 Å². The molecular formula is C13H13BrN4. The number of rotatable bonds is 2. The second-order valence-corrected chi connectivity index (χ2v) is 5.11. The first-order valence-corrected chi connectivity index (χ1v) is 6.38. The zero-order valence-corrected chi connectivity index (χ0v) is 11.8. The summed E-state index contributed by atoms with van der Waals surface area (Å²) in [7, 11) is 0. The highest BCUT2D eigenvalue weighted by atomic mass is 79.9. The average Bonchev–Trinajstić information content (AvgIpc) is 2.67. The maximum Gasteiger partial charge on any atom is 0.141 e. The lowest BCUT2D eigenvalue weighted by Crippen LogP contribution is -2.02. The van der Waals surface area contributed by atoms with Crippen LogP contribution in [0.2, 0.25) is 0 Å². The quantitative estimate of drug-likeness (QED) is 0.926. The number of anilines is 1. The molecule has 5 heteroatoms. The Kier molecular flexibility index (Phi) is 3.39. The molecule has 1 aromatic carbocycles. The summed E-state index contributed by atoms with van der Waals surface area (Å²) in [6, 6.07) is 9.32. The van der Waals surface area contributed by atoms with Gasteiger partial charge in [0.05, 0.1) is 27.5 Å². The highest BCUT2D eigenvalue weighted by Crippen LogP contribution is 2.31. The molecule has 0 bridgehead atoms. The van der Waals surface area contributed by atoms with Gasteiger partial charge in [-0.1, -0.05) is 19.9 Å². The van der Waals surface area contributed by atoms with Crippen molar-refractivity contribution in [1.29, 1.82) is 5.26 Å². The third kappa shape index (κ3) is 2.12. The van der Waals surface area contributed by atoms with Crippen molar-refractivity contribution in [3.05, 3.63) is 40.0 Å². The van der Waals surface area contributed by atoms with Gasteiger partial charge < -0.3 is 5.73 Å². The fourth-order valence-corrected chi connectivity index (χ4v) is 2.41. The number of hydrogen-bond donors (Lipinski definition) is 1. The van der Waals surface area contributed by atoms with Crippen LogP contribution in [-0.2, 0) is 0 Å². The molecule has 0 saturated carbocycles. The molecule has 0 aliphatic heterocycles. The van der Waals surface area contributed by atoms with Crippen molar-refractivity contribution in [2.45, 2.75) is 19.8 Å². The van der Waals surface area contributed by atoms with Crippen LogP contribution >= 0.6 is 15.9 Å². The van der Waals surface area contributed by atoms with E-state index in [0.29, 0.717) is 11.4 Å². The molecule has 0 radical (unpaired) electrons. The molecule has 0 aliphatic rings. The third-order valence-corrected chi connectivity index (χ3v) is 3.46. The van der Waals surface area contributed by atoms with Gasteiger partial charge in [0.2, 0.25) is 0 Å². The number of benzene rings is 1. The fourth-order valence-electron chi connectivity index (χ4n) is 1.70. The number of nitrogen functional groups attached to an aromatic ring is 1. The van der Waals surface area contributed by atoms with E-state index in [4.69, 9.17) is 11.0 Å². The Morgan fingerprint density at radius 3 is 2.72 bits per heavy atom. The van der Waals surface area contributed by atoms with E-state index in [-0.39, 0.29) is 5.92 Å². The van der Waals surface area contributed by atoms with Crippen LogP contribution in [0.4, 0.5) is 5.82 Å². The minimum Gasteiger partial charge on any atom is -0.383 e. The monoisotopic (exact) mass is 304 g/mol. The van der Waals surface area contributed by atoms with Gasteiger partial charge in [-0.15, -0.1) is 0 Å². The summed E-state index contributed by atoms with van der Waals surface area (Å²) in [5, 5.41) is 13.4. The molecule has 2 aromatic rings. The predicted octanol–water partition coefficient (Wildman–Crippen LogP) is 3.21. The molecule has 0 unspecified atom stereocenters. The maximum absolute atomic E-state index is 8.91. The molecule has 4 nitrogen and oxygen atoms in total. The number of hydrogen-bond acceptors (Lipinski definition) is 3.